The minimum Gasteiger partial charge on any atom is -0.459 e. The van der Waals surface area contributed by atoms with Gasteiger partial charge >= 0.3 is 35.1 Å². The van der Waals surface area contributed by atoms with Crippen molar-refractivity contribution in [3.8, 4) is 32.4 Å². The van der Waals surface area contributed by atoms with Gasteiger partial charge in [-0.2, -0.15) is 0 Å². The van der Waals surface area contributed by atoms with Crippen LogP contribution in [0.4, 0.5) is 10.0 Å². The molecule has 16 nitrogen and oxygen atoms in total. The molecule has 9 aromatic carbocycles. The normalized spacial score (nSPS) is 13.2. The van der Waals surface area contributed by atoms with Gasteiger partial charge in [-0.1, -0.05) is 170 Å². The molecule has 0 aliphatic carbocycles. The quantitative estimate of drug-likeness (QED) is 0.0563. The summed E-state index contributed by atoms with van der Waals surface area (Å²) in [6.45, 7) is -1.28. The maximum Gasteiger partial charge on any atom is 0.367 e. The zero-order chi connectivity index (χ0) is 57.7. The molecule has 2 aliphatic rings. The Morgan fingerprint density at radius 1 is 0.369 bits per heavy atom. The molecule has 4 heterocycles. The molecule has 0 atom stereocenters. The molecule has 410 valence electrons. The molecule has 2 aliphatic heterocycles. The van der Waals surface area contributed by atoms with Gasteiger partial charge in [-0.3, -0.25) is 19.2 Å². The standard InChI is InChI=1S/C66H40N2O14S2/c69-55-41-25-13-14-26-42(41)56(70)53(55)67-51-31-47-59(83-51)45-30-50-46(29-49(45)81-65(47,61(73)77-33-37-17-5-1-6-18-37)62(74)78-34-38-19-7-2-8-20-38)60-48(32-52(84-60)68-54-57(71)43-27-15-16-28-44(43)58(54)72)66(82-50,63(75)79-35-39-21-9-3-10-22-39)64(76)80-36-40-23-11-4-12-24-40/h1-32H,33-36H2. The fraction of sp³-hybridized carbons (Fsp3) is 0.0909. The second-order valence-electron chi connectivity index (χ2n) is 19.6. The number of ether oxygens (including phenoxy) is 6. The lowest BCUT2D eigenvalue weighted by Gasteiger charge is -2.37. The Morgan fingerprint density at radius 2 is 0.631 bits per heavy atom. The van der Waals surface area contributed by atoms with Crippen molar-refractivity contribution in [3.05, 3.63) is 279 Å². The van der Waals surface area contributed by atoms with Crippen LogP contribution in [0.1, 0.15) is 33.4 Å². The zero-order valence-electron chi connectivity index (χ0n) is 43.7. The van der Waals surface area contributed by atoms with Crippen LogP contribution in [0, 0.1) is 0 Å². The summed E-state index contributed by atoms with van der Waals surface area (Å²) >= 11 is 1.77. The van der Waals surface area contributed by atoms with Gasteiger partial charge in [0.2, 0.25) is 21.7 Å². The van der Waals surface area contributed by atoms with Crippen LogP contribution in [0.3, 0.4) is 0 Å². The van der Waals surface area contributed by atoms with Crippen LogP contribution in [-0.2, 0) is 75.8 Å². The van der Waals surface area contributed by atoms with E-state index in [0.29, 0.717) is 22.3 Å². The number of nitrogens with zero attached hydrogens (tertiary/aromatic N) is 2. The summed E-state index contributed by atoms with van der Waals surface area (Å²) in [7, 11) is 0. The summed E-state index contributed by atoms with van der Waals surface area (Å²) in [5, 5.41) is -0.290. The first-order chi connectivity index (χ1) is 40.9. The van der Waals surface area contributed by atoms with Gasteiger partial charge in [0.1, 0.15) is 47.9 Å². The minimum atomic E-state index is -2.78. The van der Waals surface area contributed by atoms with Crippen LogP contribution < -0.4 is 41.9 Å². The van der Waals surface area contributed by atoms with E-state index in [-0.39, 0.29) is 101 Å². The molecule has 11 aromatic rings. The molecular weight excluding hydrogens is 1110 g/mol. The average Bonchev–Trinajstić information content (AvgIpc) is 1.91. The summed E-state index contributed by atoms with van der Waals surface area (Å²) in [4.78, 5) is 126. The maximum atomic E-state index is 15.3. The number of rotatable bonds is 14. The lowest BCUT2D eigenvalue weighted by atomic mass is 9.85. The van der Waals surface area contributed by atoms with Crippen LogP contribution in [0.25, 0.3) is 42.4 Å². The Labute approximate surface area is 482 Å². The third-order valence-corrected chi connectivity index (χ3v) is 16.6. The SMILES string of the molecule is O=C(OCc1ccccc1)C1(C(=O)OCc2ccccc2)Oc2cc3c(cc2-c2sc(N=c4c(=O)c5ccccc5c4=O)cc21)OC(C(=O)OCc1ccccc1)(C(=O)OCc1ccccc1)c1cc(N=c2c(=O)c4ccccc4c2=O)sc1-3. The van der Waals surface area contributed by atoms with Crippen molar-refractivity contribution in [1.82, 2.24) is 0 Å². The molecule has 84 heavy (non-hydrogen) atoms. The van der Waals surface area contributed by atoms with E-state index >= 15 is 19.2 Å². The molecule has 18 heteroatoms. The monoisotopic (exact) mass is 1150 g/mol. The van der Waals surface area contributed by atoms with Gasteiger partial charge in [0.25, 0.3) is 0 Å². The van der Waals surface area contributed by atoms with Crippen molar-refractivity contribution < 1.29 is 47.6 Å². The number of thiophene rings is 2. The Balaban J connectivity index is 1.04. The van der Waals surface area contributed by atoms with E-state index in [4.69, 9.17) is 28.4 Å². The topological polar surface area (TPSA) is 217 Å². The molecule has 0 fully saturated rings. The fourth-order valence-corrected chi connectivity index (χ4v) is 12.5. The molecule has 0 saturated carbocycles. The smallest absolute Gasteiger partial charge is 0.367 e. The Bertz CT molecular complexity index is 4290. The predicted octanol–water partition coefficient (Wildman–Crippen LogP) is 9.26. The van der Waals surface area contributed by atoms with Crippen molar-refractivity contribution in [1.29, 1.82) is 0 Å². The molecular formula is C66H40N2O14S2. The van der Waals surface area contributed by atoms with Gasteiger partial charge in [0.05, 0.1) is 0 Å². The van der Waals surface area contributed by atoms with Crippen LogP contribution in [-0.4, -0.2) is 23.9 Å². The highest BCUT2D eigenvalue weighted by molar-refractivity contribution is 7.20. The molecule has 13 rings (SSSR count). The number of carbonyl (C=O) groups excluding carboxylic acids is 4. The second kappa shape index (κ2) is 21.4. The van der Waals surface area contributed by atoms with Crippen LogP contribution >= 0.6 is 22.7 Å². The van der Waals surface area contributed by atoms with E-state index in [2.05, 4.69) is 9.98 Å². The first-order valence-electron chi connectivity index (χ1n) is 26.2. The molecule has 2 aromatic heterocycles. The van der Waals surface area contributed by atoms with Gasteiger partial charge in [-0.25, -0.2) is 29.2 Å². The molecule has 0 radical (unpaired) electrons. The first kappa shape index (κ1) is 52.8. The van der Waals surface area contributed by atoms with Gasteiger partial charge in [-0.05, 0) is 46.5 Å². The second-order valence-corrected chi connectivity index (χ2v) is 21.7. The number of benzene rings is 7. The van der Waals surface area contributed by atoms with Crippen molar-refractivity contribution in [2.45, 2.75) is 37.6 Å². The summed E-state index contributed by atoms with van der Waals surface area (Å²) in [6.07, 6.45) is 0. The van der Waals surface area contributed by atoms with E-state index in [1.807, 2.05) is 0 Å². The molecule has 0 N–H and O–H groups in total. The number of fused-ring (bicyclic) bond motifs is 8. The molecule has 0 saturated heterocycles. The molecule has 0 bridgehead atoms. The van der Waals surface area contributed by atoms with Crippen LogP contribution in [0.2, 0.25) is 0 Å². The van der Waals surface area contributed by atoms with Gasteiger partial charge < -0.3 is 28.4 Å². The van der Waals surface area contributed by atoms with Crippen molar-refractivity contribution in [3.63, 3.8) is 0 Å². The summed E-state index contributed by atoms with van der Waals surface area (Å²) in [5.41, 5.74) is -5.92. The summed E-state index contributed by atoms with van der Waals surface area (Å²) in [6, 6.07) is 53.0. The third kappa shape index (κ3) is 9.09. The first-order valence-corrected chi connectivity index (χ1v) is 27.8. The summed E-state index contributed by atoms with van der Waals surface area (Å²) in [5.74, 6) is -5.10. The minimum absolute atomic E-state index is 0.0125. The number of esters is 4. The number of carbonyl (C=O) groups is 4. The van der Waals surface area contributed by atoms with Crippen molar-refractivity contribution >= 4 is 78.1 Å². The zero-order valence-corrected chi connectivity index (χ0v) is 45.4. The number of hydrogen-bond acceptors (Lipinski definition) is 18. The van der Waals surface area contributed by atoms with Crippen molar-refractivity contribution in [2.75, 3.05) is 0 Å². The van der Waals surface area contributed by atoms with E-state index in [1.165, 1.54) is 48.5 Å². The Morgan fingerprint density at radius 3 is 0.905 bits per heavy atom. The van der Waals surface area contributed by atoms with Gasteiger partial charge in [0, 0.05) is 53.6 Å². The Kier molecular flexibility index (Phi) is 13.4. The van der Waals surface area contributed by atoms with Crippen LogP contribution in [0.15, 0.2) is 223 Å². The third-order valence-electron chi connectivity index (χ3n) is 14.4. The predicted molar refractivity (Wildman–Crippen MR) is 311 cm³/mol. The number of hydrogen-bond donors (Lipinski definition) is 0. The van der Waals surface area contributed by atoms with Gasteiger partial charge in [-0.15, -0.1) is 22.7 Å². The fourth-order valence-electron chi connectivity index (χ4n) is 10.3. The van der Waals surface area contributed by atoms with Gasteiger partial charge in [0.15, 0.2) is 10.7 Å². The average molecular weight is 1150 g/mol. The highest BCUT2D eigenvalue weighted by atomic mass is 32.1. The Hall–Kier alpha value is -10.6. The lowest BCUT2D eigenvalue weighted by Crippen LogP contribution is -2.52. The highest BCUT2D eigenvalue weighted by Gasteiger charge is 2.61. The lowest BCUT2D eigenvalue weighted by molar-refractivity contribution is -0.185. The van der Waals surface area contributed by atoms with E-state index < -0.39 is 67.5 Å². The van der Waals surface area contributed by atoms with E-state index in [9.17, 15) is 19.2 Å². The van der Waals surface area contributed by atoms with Crippen LogP contribution in [0.5, 0.6) is 11.5 Å². The molecule has 0 amide bonds. The summed E-state index contributed by atoms with van der Waals surface area (Å²) < 4.78 is 37.7. The van der Waals surface area contributed by atoms with E-state index in [0.717, 1.165) is 22.7 Å². The largest absolute Gasteiger partial charge is 0.459 e. The maximum absolute atomic E-state index is 15.3. The molecule has 0 spiro atoms. The van der Waals surface area contributed by atoms with E-state index in [1.54, 1.807) is 146 Å². The molecule has 0 unspecified atom stereocenters. The highest BCUT2D eigenvalue weighted by Crippen LogP contribution is 2.59. The van der Waals surface area contributed by atoms with Crippen molar-refractivity contribution in [2.24, 2.45) is 9.98 Å².